The van der Waals surface area contributed by atoms with E-state index in [1.807, 2.05) is 17.6 Å². The quantitative estimate of drug-likeness (QED) is 0.920. The zero-order valence-electron chi connectivity index (χ0n) is 10.7. The van der Waals surface area contributed by atoms with Gasteiger partial charge in [-0.3, -0.25) is 0 Å². The van der Waals surface area contributed by atoms with Crippen LogP contribution in [0, 0.1) is 0 Å². The third kappa shape index (κ3) is 3.27. The Morgan fingerprint density at radius 3 is 2.95 bits per heavy atom. The third-order valence-electron chi connectivity index (χ3n) is 3.28. The molecule has 1 aliphatic rings. The topological polar surface area (TPSA) is 53.9 Å². The first-order valence-corrected chi connectivity index (χ1v) is 7.43. The van der Waals surface area contributed by atoms with Gasteiger partial charge in [0, 0.05) is 49.6 Å². The van der Waals surface area contributed by atoms with Crippen LogP contribution in [0.3, 0.4) is 0 Å². The van der Waals surface area contributed by atoms with Crippen LogP contribution in [-0.2, 0) is 6.54 Å². The molecule has 1 aliphatic heterocycles. The van der Waals surface area contributed by atoms with Gasteiger partial charge >= 0.3 is 0 Å². The maximum atomic E-state index is 4.32. The second kappa shape index (κ2) is 6.08. The molecule has 0 aromatic carbocycles. The maximum absolute atomic E-state index is 4.32. The highest BCUT2D eigenvalue weighted by molar-refractivity contribution is 7.09. The van der Waals surface area contributed by atoms with E-state index in [9.17, 15) is 0 Å². The summed E-state index contributed by atoms with van der Waals surface area (Å²) in [7, 11) is 0. The van der Waals surface area contributed by atoms with E-state index >= 15 is 0 Å². The van der Waals surface area contributed by atoms with E-state index in [-0.39, 0.29) is 0 Å². The van der Waals surface area contributed by atoms with Crippen LogP contribution in [-0.4, -0.2) is 34.1 Å². The summed E-state index contributed by atoms with van der Waals surface area (Å²) in [5.74, 6) is 0.836. The Balaban J connectivity index is 1.56. The monoisotopic (exact) mass is 275 g/mol. The lowest BCUT2D eigenvalue weighted by Gasteiger charge is -2.33. The lowest BCUT2D eigenvalue weighted by molar-refractivity contribution is 0.418. The molecule has 0 amide bonds. The van der Waals surface area contributed by atoms with Gasteiger partial charge in [-0.1, -0.05) is 0 Å². The number of hydrogen-bond acceptors (Lipinski definition) is 6. The molecule has 1 fully saturated rings. The number of rotatable bonds is 4. The molecule has 0 saturated carbocycles. The van der Waals surface area contributed by atoms with Crippen molar-refractivity contribution in [2.24, 2.45) is 0 Å². The number of nitrogens with zero attached hydrogens (tertiary/aromatic N) is 4. The van der Waals surface area contributed by atoms with E-state index in [2.05, 4.69) is 25.2 Å². The van der Waals surface area contributed by atoms with Crippen molar-refractivity contribution in [1.82, 2.24) is 20.3 Å². The Hall–Kier alpha value is -1.53. The van der Waals surface area contributed by atoms with Crippen molar-refractivity contribution in [3.05, 3.63) is 35.0 Å². The van der Waals surface area contributed by atoms with Crippen molar-refractivity contribution in [3.63, 3.8) is 0 Å². The van der Waals surface area contributed by atoms with Gasteiger partial charge in [0.25, 0.3) is 0 Å². The first kappa shape index (κ1) is 12.5. The molecule has 0 spiro atoms. The highest BCUT2D eigenvalue weighted by Crippen LogP contribution is 2.15. The van der Waals surface area contributed by atoms with E-state index in [1.54, 1.807) is 23.7 Å². The molecule has 3 rings (SSSR count). The number of hydrogen-bond donors (Lipinski definition) is 1. The van der Waals surface area contributed by atoms with Gasteiger partial charge in [0.05, 0.1) is 0 Å². The Morgan fingerprint density at radius 2 is 2.16 bits per heavy atom. The Morgan fingerprint density at radius 1 is 1.26 bits per heavy atom. The number of thiazole rings is 1. The van der Waals surface area contributed by atoms with Crippen LogP contribution in [0.2, 0.25) is 0 Å². The van der Waals surface area contributed by atoms with E-state index in [1.165, 1.54) is 12.8 Å². The summed E-state index contributed by atoms with van der Waals surface area (Å²) >= 11 is 1.70. The second-order valence-corrected chi connectivity index (χ2v) is 5.62. The van der Waals surface area contributed by atoms with Crippen LogP contribution < -0.4 is 10.2 Å². The largest absolute Gasteiger partial charge is 0.339 e. The van der Waals surface area contributed by atoms with Crippen molar-refractivity contribution in [3.8, 4) is 0 Å². The lowest BCUT2D eigenvalue weighted by Crippen LogP contribution is -2.46. The zero-order chi connectivity index (χ0) is 12.9. The first-order valence-electron chi connectivity index (χ1n) is 6.55. The van der Waals surface area contributed by atoms with Crippen LogP contribution >= 0.6 is 11.3 Å². The van der Waals surface area contributed by atoms with Gasteiger partial charge in [0.1, 0.15) is 5.01 Å². The minimum absolute atomic E-state index is 0.487. The van der Waals surface area contributed by atoms with Crippen molar-refractivity contribution < 1.29 is 0 Å². The summed E-state index contributed by atoms with van der Waals surface area (Å²) in [6.07, 6.45) is 7.83. The molecule has 5 nitrogen and oxygen atoms in total. The van der Waals surface area contributed by atoms with Gasteiger partial charge in [-0.2, -0.15) is 0 Å². The Kier molecular flexibility index (Phi) is 4.00. The van der Waals surface area contributed by atoms with Crippen LogP contribution in [0.4, 0.5) is 5.95 Å². The lowest BCUT2D eigenvalue weighted by atomic mass is 10.1. The van der Waals surface area contributed by atoms with Crippen molar-refractivity contribution in [2.45, 2.75) is 25.4 Å². The molecule has 0 aliphatic carbocycles. The van der Waals surface area contributed by atoms with Crippen LogP contribution in [0.5, 0.6) is 0 Å². The highest BCUT2D eigenvalue weighted by atomic mass is 32.1. The fraction of sp³-hybridized carbons (Fsp3) is 0.462. The summed E-state index contributed by atoms with van der Waals surface area (Å²) in [6, 6.07) is 2.34. The molecule has 1 saturated heterocycles. The predicted octanol–water partition coefficient (Wildman–Crippen LogP) is 1.69. The smallest absolute Gasteiger partial charge is 0.225 e. The zero-order valence-corrected chi connectivity index (χ0v) is 11.5. The Bertz CT molecular complexity index is 487. The molecule has 1 unspecified atom stereocenters. The number of anilines is 1. The van der Waals surface area contributed by atoms with E-state index in [4.69, 9.17) is 0 Å². The first-order chi connectivity index (χ1) is 9.42. The van der Waals surface area contributed by atoms with Gasteiger partial charge in [-0.05, 0) is 18.9 Å². The molecule has 3 heterocycles. The van der Waals surface area contributed by atoms with Crippen molar-refractivity contribution >= 4 is 17.3 Å². The molecule has 19 heavy (non-hydrogen) atoms. The average Bonchev–Trinajstić information content (AvgIpc) is 3.00. The summed E-state index contributed by atoms with van der Waals surface area (Å²) in [5, 5.41) is 6.74. The second-order valence-electron chi connectivity index (χ2n) is 4.64. The molecule has 1 N–H and O–H groups in total. The molecule has 0 bridgehead atoms. The fourth-order valence-corrected chi connectivity index (χ4v) is 2.92. The summed E-state index contributed by atoms with van der Waals surface area (Å²) < 4.78 is 0. The predicted molar refractivity (Wildman–Crippen MR) is 76.2 cm³/mol. The average molecular weight is 275 g/mol. The van der Waals surface area contributed by atoms with Crippen LogP contribution in [0.1, 0.15) is 17.8 Å². The molecule has 2 aromatic rings. The van der Waals surface area contributed by atoms with Crippen LogP contribution in [0.25, 0.3) is 0 Å². The summed E-state index contributed by atoms with van der Waals surface area (Å²) in [4.78, 5) is 15.2. The summed E-state index contributed by atoms with van der Waals surface area (Å²) in [5.41, 5.74) is 0. The third-order valence-corrected chi connectivity index (χ3v) is 4.06. The standard InChI is InChI=1S/C13H17N5S/c1-3-11(17-9-12-14-6-8-19-12)10-18(7-1)13-15-4-2-5-16-13/h2,4-6,8,11,17H,1,3,7,9-10H2. The minimum atomic E-state index is 0.487. The normalized spacial score (nSPS) is 19.6. The minimum Gasteiger partial charge on any atom is -0.339 e. The molecular weight excluding hydrogens is 258 g/mol. The van der Waals surface area contributed by atoms with Crippen molar-refractivity contribution in [1.29, 1.82) is 0 Å². The van der Waals surface area contributed by atoms with Gasteiger partial charge in [0.2, 0.25) is 5.95 Å². The van der Waals surface area contributed by atoms with Gasteiger partial charge in [0.15, 0.2) is 0 Å². The van der Waals surface area contributed by atoms with E-state index in [0.29, 0.717) is 6.04 Å². The maximum Gasteiger partial charge on any atom is 0.225 e. The number of aromatic nitrogens is 3. The van der Waals surface area contributed by atoms with Gasteiger partial charge in [-0.15, -0.1) is 11.3 Å². The van der Waals surface area contributed by atoms with Gasteiger partial charge in [-0.25, -0.2) is 15.0 Å². The molecule has 1 atom stereocenters. The molecular formula is C13H17N5S. The van der Waals surface area contributed by atoms with Crippen LogP contribution in [0.15, 0.2) is 30.0 Å². The summed E-state index contributed by atoms with van der Waals surface area (Å²) in [6.45, 7) is 2.86. The Labute approximate surface area is 116 Å². The van der Waals surface area contributed by atoms with Crippen molar-refractivity contribution in [2.75, 3.05) is 18.0 Å². The number of nitrogens with one attached hydrogen (secondary N) is 1. The fourth-order valence-electron chi connectivity index (χ4n) is 2.35. The SMILES string of the molecule is c1cnc(N2CCCC(NCc3nccs3)C2)nc1. The molecule has 0 radical (unpaired) electrons. The molecule has 100 valence electrons. The number of piperidine rings is 1. The van der Waals surface area contributed by atoms with E-state index < -0.39 is 0 Å². The highest BCUT2D eigenvalue weighted by Gasteiger charge is 2.21. The van der Waals surface area contributed by atoms with E-state index in [0.717, 1.165) is 30.6 Å². The molecule has 2 aromatic heterocycles. The molecule has 6 heteroatoms. The van der Waals surface area contributed by atoms with Gasteiger partial charge < -0.3 is 10.2 Å².